The average molecular weight is 1310 g/mol. The van der Waals surface area contributed by atoms with E-state index in [2.05, 4.69) is 42.5 Å². The van der Waals surface area contributed by atoms with Crippen molar-refractivity contribution in [1.82, 2.24) is 47.4 Å². The molecule has 19 N–H and O–H groups in total. The second-order valence-electron chi connectivity index (χ2n) is 22.7. The highest BCUT2D eigenvalue weighted by molar-refractivity contribution is 5.99. The molecule has 1 heterocycles. The number of hydrogen-bond donors (Lipinski definition) is 14. The van der Waals surface area contributed by atoms with Crippen LogP contribution in [-0.2, 0) is 76.8 Å². The summed E-state index contributed by atoms with van der Waals surface area (Å²) in [5.41, 5.74) is 29.7. The van der Waals surface area contributed by atoms with Crippen molar-refractivity contribution in [2.24, 2.45) is 40.5 Å². The van der Waals surface area contributed by atoms with Crippen molar-refractivity contribution in [1.29, 1.82) is 0 Å². The number of carbonyl (C=O) groups is 12. The number of benzene rings is 3. The van der Waals surface area contributed by atoms with Crippen LogP contribution in [0.2, 0.25) is 0 Å². The van der Waals surface area contributed by atoms with Gasteiger partial charge in [0.25, 0.3) is 0 Å². The molecule has 500 valence electrons. The normalized spacial score (nSPS) is 15.7. The van der Waals surface area contributed by atoms with Crippen LogP contribution in [0.1, 0.15) is 95.8 Å². The molecular weight excluding hydrogens is 1220 g/mol. The number of aromatic hydroxyl groups is 1. The lowest BCUT2D eigenvalue weighted by Gasteiger charge is -2.31. The van der Waals surface area contributed by atoms with Crippen LogP contribution in [0.3, 0.4) is 0 Å². The number of phenols is 1. The Morgan fingerprint density at radius 2 is 1.11 bits per heavy atom. The molecule has 3 aromatic rings. The Bertz CT molecular complexity index is 2930. The van der Waals surface area contributed by atoms with E-state index in [-0.39, 0.29) is 94.5 Å². The highest BCUT2D eigenvalue weighted by Crippen LogP contribution is 2.22. The quantitative estimate of drug-likeness (QED) is 0.0237. The molecule has 91 heavy (non-hydrogen) atoms. The molecule has 3 aromatic carbocycles. The highest BCUT2D eigenvalue weighted by atomic mass is 35.5. The number of phenolic OH excluding ortho intramolecular Hbond substituents is 1. The van der Waals surface area contributed by atoms with Crippen LogP contribution in [0.25, 0.3) is 0 Å². The maximum atomic E-state index is 14.9. The molecule has 0 aliphatic carbocycles. The minimum atomic E-state index is -1.52. The van der Waals surface area contributed by atoms with Crippen molar-refractivity contribution in [3.63, 3.8) is 0 Å². The van der Waals surface area contributed by atoms with E-state index in [1.807, 2.05) is 0 Å². The molecule has 0 bridgehead atoms. The zero-order valence-corrected chi connectivity index (χ0v) is 53.3. The number of nitrogens with two attached hydrogens (primary N) is 5. The van der Waals surface area contributed by atoms with Crippen molar-refractivity contribution in [2.75, 3.05) is 19.6 Å². The fourth-order valence-electron chi connectivity index (χ4n) is 9.85. The predicted molar refractivity (Wildman–Crippen MR) is 344 cm³/mol. The van der Waals surface area contributed by atoms with E-state index in [4.69, 9.17) is 28.7 Å². The van der Waals surface area contributed by atoms with E-state index < -0.39 is 144 Å². The van der Waals surface area contributed by atoms with E-state index in [0.29, 0.717) is 36.8 Å². The largest absolute Gasteiger partial charge is 0.508 e. The lowest BCUT2D eigenvalue weighted by Crippen LogP contribution is -2.61. The van der Waals surface area contributed by atoms with E-state index in [0.717, 1.165) is 5.56 Å². The number of likely N-dealkylation sites (tertiary alicyclic amines) is 1. The standard InChI is InChI=1S/C62H88N14O13.2ClH/c1-36(2)30-46(58(85)74-49(33-39-16-9-6-10-17-39)62(89)76-29-13-20-50(76)60(87)73-47(31-38-14-7-5-8-15-38)57(84)68-41(35-77)18-11-27-63)71-55(82)44(19-12-28-64)70-61(88)53(37(3)4)75-59(86)48(32-40-21-23-42(78)24-22-40)72-56(83)45(25-26-51(66)79)69-54(81)43(65)34-52(67)80;;/h5-10,12,14-17,19,21-24,35-37,41,43-50,53,78H,11,13,18,20,25-34,63-65H2,1-4H3,(H2,66,79)(H2,67,80)(H,68,84)(H,69,81)(H,70,88)(H,71,82)(H,72,83)(H,73,87)(H,74,85)(H,75,86);2*1H/b19-12-;;/t41-,43-,44-,45-,46-,47-,48-,49+,50-,53-;;/m0../s1. The fraction of sp³-hybridized carbons (Fsp3) is 0.484. The van der Waals surface area contributed by atoms with Gasteiger partial charge in [-0.2, -0.15) is 0 Å². The smallest absolute Gasteiger partial charge is 0.247 e. The van der Waals surface area contributed by atoms with Crippen LogP contribution < -0.4 is 71.2 Å². The van der Waals surface area contributed by atoms with Gasteiger partial charge in [0, 0.05) is 38.8 Å². The Labute approximate surface area is 542 Å². The van der Waals surface area contributed by atoms with Crippen LogP contribution in [0.15, 0.2) is 97.1 Å². The van der Waals surface area contributed by atoms with Gasteiger partial charge < -0.3 is 86.0 Å². The van der Waals surface area contributed by atoms with E-state index in [9.17, 15) is 62.6 Å². The van der Waals surface area contributed by atoms with Gasteiger partial charge in [-0.15, -0.1) is 24.8 Å². The minimum Gasteiger partial charge on any atom is -0.508 e. The molecule has 29 heteroatoms. The Hall–Kier alpha value is -8.50. The highest BCUT2D eigenvalue weighted by Gasteiger charge is 2.41. The van der Waals surface area contributed by atoms with Crippen molar-refractivity contribution in [3.8, 4) is 5.75 Å². The summed E-state index contributed by atoms with van der Waals surface area (Å²) in [6.07, 6.45) is 3.17. The Morgan fingerprint density at radius 1 is 0.593 bits per heavy atom. The van der Waals surface area contributed by atoms with Gasteiger partial charge >= 0.3 is 0 Å². The zero-order chi connectivity index (χ0) is 65.7. The third-order valence-corrected chi connectivity index (χ3v) is 14.6. The monoisotopic (exact) mass is 1310 g/mol. The van der Waals surface area contributed by atoms with Crippen molar-refractivity contribution in [3.05, 3.63) is 114 Å². The molecule has 1 aliphatic rings. The molecule has 0 unspecified atom stereocenters. The number of aldehydes is 1. The van der Waals surface area contributed by atoms with Gasteiger partial charge in [0.15, 0.2) is 0 Å². The van der Waals surface area contributed by atoms with Crippen LogP contribution in [0, 0.1) is 11.8 Å². The lowest BCUT2D eigenvalue weighted by molar-refractivity contribution is -0.142. The molecule has 1 saturated heterocycles. The van der Waals surface area contributed by atoms with E-state index in [1.165, 1.54) is 41.3 Å². The summed E-state index contributed by atoms with van der Waals surface area (Å²) < 4.78 is 0. The fourth-order valence-corrected chi connectivity index (χ4v) is 9.85. The molecule has 10 atom stereocenters. The maximum Gasteiger partial charge on any atom is 0.247 e. The number of nitrogens with one attached hydrogen (secondary N) is 8. The SMILES string of the molecule is CC(C)C[C@H](NC(=O)[C@H](/C=C\CN)NC(=O)[C@@H](NC(=O)[C@H](Cc1ccc(O)cc1)NC(=O)[C@H](CCC(N)=O)NC(=O)[C@@H](N)CC(N)=O)C(C)C)C(=O)N[C@H](Cc1ccccc1)C(=O)N1CCC[C@H]1C(=O)N[C@@H](Cc1ccccc1)C(=O)N[C@H](C=O)CCCN.Cl.Cl. The Morgan fingerprint density at radius 3 is 1.65 bits per heavy atom. The molecule has 11 amide bonds. The van der Waals surface area contributed by atoms with Crippen molar-refractivity contribution < 1.29 is 62.6 Å². The molecule has 0 aromatic heterocycles. The number of rotatable bonds is 37. The minimum absolute atomic E-state index is 0. The van der Waals surface area contributed by atoms with Crippen LogP contribution in [0.4, 0.5) is 0 Å². The Kier molecular flexibility index (Phi) is 34.8. The summed E-state index contributed by atoms with van der Waals surface area (Å²) in [6, 6.07) is 10.3. The number of halogens is 2. The molecule has 0 radical (unpaired) electrons. The molecule has 1 fully saturated rings. The van der Waals surface area contributed by atoms with E-state index in [1.54, 1.807) is 88.4 Å². The van der Waals surface area contributed by atoms with Crippen molar-refractivity contribution >= 4 is 96.1 Å². The summed E-state index contributed by atoms with van der Waals surface area (Å²) in [6.45, 7) is 7.13. The number of carbonyl (C=O) groups excluding carboxylic acids is 12. The Balaban J connectivity index is 0.0000141. The second-order valence-corrected chi connectivity index (χ2v) is 22.7. The maximum absolute atomic E-state index is 14.9. The molecular formula is C62H90Cl2N14O13. The number of primary amides is 2. The zero-order valence-electron chi connectivity index (χ0n) is 51.6. The third-order valence-electron chi connectivity index (χ3n) is 14.6. The number of amides is 11. The first-order chi connectivity index (χ1) is 42.3. The summed E-state index contributed by atoms with van der Waals surface area (Å²) in [4.78, 5) is 165. The van der Waals surface area contributed by atoms with Gasteiger partial charge in [0.05, 0.1) is 18.5 Å². The molecule has 0 spiro atoms. The van der Waals surface area contributed by atoms with Crippen LogP contribution >= 0.6 is 24.8 Å². The first-order valence-corrected chi connectivity index (χ1v) is 29.8. The molecule has 1 aliphatic heterocycles. The number of nitrogens with zero attached hydrogens (tertiary/aromatic N) is 1. The molecule has 27 nitrogen and oxygen atoms in total. The first kappa shape index (κ1) is 78.6. The summed E-state index contributed by atoms with van der Waals surface area (Å²) in [5, 5.41) is 31.3. The third kappa shape index (κ3) is 26.9. The van der Waals surface area contributed by atoms with Gasteiger partial charge in [-0.1, -0.05) is 113 Å². The second kappa shape index (κ2) is 40.3. The van der Waals surface area contributed by atoms with Crippen molar-refractivity contribution in [2.45, 2.75) is 159 Å². The van der Waals surface area contributed by atoms with Gasteiger partial charge in [-0.25, -0.2) is 0 Å². The van der Waals surface area contributed by atoms with Gasteiger partial charge in [-0.3, -0.25) is 52.7 Å². The van der Waals surface area contributed by atoms with Crippen LogP contribution in [0.5, 0.6) is 5.75 Å². The van der Waals surface area contributed by atoms with Gasteiger partial charge in [-0.05, 0) is 85.7 Å². The van der Waals surface area contributed by atoms with E-state index >= 15 is 0 Å². The molecule has 4 rings (SSSR count). The summed E-state index contributed by atoms with van der Waals surface area (Å²) in [5.74, 6) is -10.0. The first-order valence-electron chi connectivity index (χ1n) is 29.8. The number of hydrogen-bond acceptors (Lipinski definition) is 16. The summed E-state index contributed by atoms with van der Waals surface area (Å²) >= 11 is 0. The topological polar surface area (TPSA) is 455 Å². The van der Waals surface area contributed by atoms with Gasteiger partial charge in [0.2, 0.25) is 65.0 Å². The predicted octanol–water partition coefficient (Wildman–Crippen LogP) is -1.24. The average Bonchev–Trinajstić information content (AvgIpc) is 3.73. The van der Waals surface area contributed by atoms with Crippen LogP contribution in [-0.4, -0.2) is 161 Å². The lowest BCUT2D eigenvalue weighted by atomic mass is 9.99. The van der Waals surface area contributed by atoms with Gasteiger partial charge in [0.1, 0.15) is 60.4 Å². The molecule has 0 saturated carbocycles. The summed E-state index contributed by atoms with van der Waals surface area (Å²) in [7, 11) is 0.